The number of allylic oxidation sites excluding steroid dienone is 11. The maximum Gasteiger partial charge on any atom is 0.306 e. The highest BCUT2D eigenvalue weighted by Gasteiger charge is 2.45. The third-order valence-electron chi connectivity index (χ3n) is 20.7. The predicted molar refractivity (Wildman–Crippen MR) is 414 cm³/mol. The molecule has 4 aliphatic carbocycles. The molecule has 0 aromatic rings. The lowest BCUT2D eigenvalue weighted by atomic mass is 9.72. The van der Waals surface area contributed by atoms with Crippen molar-refractivity contribution in [3.63, 3.8) is 0 Å². The number of hydrogen-bond acceptors (Lipinski definition) is 25. The maximum atomic E-state index is 14.5. The van der Waals surface area contributed by atoms with Crippen LogP contribution in [0.5, 0.6) is 0 Å². The molecule has 8 rings (SSSR count). The summed E-state index contributed by atoms with van der Waals surface area (Å²) in [5.41, 5.74) is 1.13. The summed E-state index contributed by atoms with van der Waals surface area (Å²) < 4.78 is 22.8. The molecule has 109 heavy (non-hydrogen) atoms. The van der Waals surface area contributed by atoms with E-state index in [0.717, 1.165) is 127 Å². The standard InChI is InChI=1S/C81H96N12O12S4/c1-77(2)36-53(57(48-82)62(40-77)90-20-12-13-21-90)60(51-85)73(98)106-32-28-102-66(94)44-81(45-67(95)103-29-33-107-74(99)61(52-86)54-37-78(3,4)41-63(58(54)49-83)91-22-14-15-23-91,46-68(96)104-30-34-108-75(100)71(88-10)55-38-79(5,6)42-64(59(55)50-84)92-24-16-17-25-92)47-69(97)105-31-35-109-76(101)72(89-11)56-39-80(7,8)43-65(70(56)87-9)93-26-18-19-27-93/h12-47H2,1-8H3/b60-53+,61-54+,71-55+,72-56-. The van der Waals surface area contributed by atoms with Gasteiger partial charge in [0.05, 0.1) is 68.2 Å². The molecule has 0 amide bonds. The van der Waals surface area contributed by atoms with E-state index in [1.807, 2.05) is 67.5 Å². The number of nitriles is 5. The second-order valence-corrected chi connectivity index (χ2v) is 36.3. The molecule has 28 heteroatoms. The Bertz CT molecular complexity index is 3740. The SMILES string of the molecule is [C-]#[N+]C1=C(N2CCCC2)CC(C)(C)C/C1=C(/[N+]#[C-])C(=O)SCCOC(=O)CC(CC(=O)OCCSC(=O)/C(C#N)=C1\CC(C)(C)CC(N2CCCC2)=C1C#N)(CC(=O)OCCSC(=O)/C(C#N)=C1\CC(C)(C)CC(N2CCCC2)=C1C#N)CC(=O)OCCSC(=O)/C([N+]#[C-])=C1/CC(C)(C)CC(N2CCCC2)=C1C#N. The van der Waals surface area contributed by atoms with Gasteiger partial charge < -0.3 is 38.5 Å². The molecule has 4 heterocycles. The van der Waals surface area contributed by atoms with Crippen molar-refractivity contribution in [2.24, 2.45) is 27.1 Å². The summed E-state index contributed by atoms with van der Waals surface area (Å²) in [5, 5.41) is 49.8. The molecule has 0 atom stereocenters. The molecule has 8 aliphatic rings. The highest BCUT2D eigenvalue weighted by molar-refractivity contribution is 8.15. The van der Waals surface area contributed by atoms with Crippen LogP contribution in [0.4, 0.5) is 0 Å². The first-order chi connectivity index (χ1) is 51.9. The van der Waals surface area contributed by atoms with Crippen LogP contribution in [0.3, 0.4) is 0 Å². The smallest absolute Gasteiger partial charge is 0.306 e. The monoisotopic (exact) mass is 1560 g/mol. The molecule has 0 spiro atoms. The van der Waals surface area contributed by atoms with Crippen molar-refractivity contribution in [2.75, 3.05) is 102 Å². The number of carbonyl (C=O) groups is 8. The van der Waals surface area contributed by atoms with Crippen molar-refractivity contribution in [3.8, 4) is 30.3 Å². The number of nitrogens with zero attached hydrogens (tertiary/aromatic N) is 12. The van der Waals surface area contributed by atoms with Crippen molar-refractivity contribution in [3.05, 3.63) is 124 Å². The van der Waals surface area contributed by atoms with Gasteiger partial charge in [0.1, 0.15) is 61.9 Å². The molecule has 4 aliphatic heterocycles. The number of hydrogen-bond donors (Lipinski definition) is 0. The second kappa shape index (κ2) is 38.6. The van der Waals surface area contributed by atoms with Crippen molar-refractivity contribution >= 4 is 91.4 Å². The molecule has 0 saturated carbocycles. The summed E-state index contributed by atoms with van der Waals surface area (Å²) >= 11 is 2.73. The zero-order valence-corrected chi connectivity index (χ0v) is 67.1. The summed E-state index contributed by atoms with van der Waals surface area (Å²) in [6.07, 6.45) is 7.50. The fourth-order valence-electron chi connectivity index (χ4n) is 15.9. The van der Waals surface area contributed by atoms with E-state index in [0.29, 0.717) is 107 Å². The molecule has 24 nitrogen and oxygen atoms in total. The fraction of sp³-hybridized carbons (Fsp3) is 0.605. The number of rotatable bonds is 28. The molecule has 0 bridgehead atoms. The van der Waals surface area contributed by atoms with Crippen LogP contribution in [-0.4, -0.2) is 166 Å². The molecular formula is C81H96N12O12S4. The third kappa shape index (κ3) is 22.6. The van der Waals surface area contributed by atoms with Gasteiger partial charge in [0, 0.05) is 104 Å². The van der Waals surface area contributed by atoms with Gasteiger partial charge in [0.2, 0.25) is 31.9 Å². The van der Waals surface area contributed by atoms with Gasteiger partial charge in [-0.3, -0.25) is 38.4 Å². The number of carbonyl (C=O) groups excluding carboxylic acids is 8. The Morgan fingerprint density at radius 2 is 0.642 bits per heavy atom. The minimum Gasteiger partial charge on any atom is -0.465 e. The zero-order valence-electron chi connectivity index (χ0n) is 63.9. The van der Waals surface area contributed by atoms with Crippen LogP contribution in [0.1, 0.15) is 184 Å². The van der Waals surface area contributed by atoms with E-state index < -0.39 is 113 Å². The Hall–Kier alpha value is -9.00. The van der Waals surface area contributed by atoms with Gasteiger partial charge in [-0.05, 0) is 147 Å². The molecule has 4 fully saturated rings. The number of thioether (sulfide) groups is 4. The number of likely N-dealkylation sites (tertiary alicyclic amines) is 4. The van der Waals surface area contributed by atoms with Crippen molar-refractivity contribution in [1.82, 2.24) is 19.6 Å². The molecule has 0 unspecified atom stereocenters. The number of esters is 4. The summed E-state index contributed by atoms with van der Waals surface area (Å²) in [7, 11) is 0. The minimum absolute atomic E-state index is 0.193. The lowest BCUT2D eigenvalue weighted by molar-refractivity contribution is -0.158. The zero-order chi connectivity index (χ0) is 79.4. The maximum absolute atomic E-state index is 14.5. The largest absolute Gasteiger partial charge is 0.465 e. The van der Waals surface area contributed by atoms with Gasteiger partial charge in [-0.25, -0.2) is 14.5 Å². The lowest BCUT2D eigenvalue weighted by Gasteiger charge is -2.37. The predicted octanol–water partition coefficient (Wildman–Crippen LogP) is 13.9. The van der Waals surface area contributed by atoms with Crippen LogP contribution in [0, 0.1) is 103 Å². The average molecular weight is 1560 g/mol. The first-order valence-electron chi connectivity index (χ1n) is 37.2. The number of ether oxygens (including phenoxy) is 4. The topological polar surface area (TPSA) is 318 Å². The fourth-order valence-corrected chi connectivity index (χ4v) is 18.6. The van der Waals surface area contributed by atoms with Gasteiger partial charge in [0.15, 0.2) is 5.70 Å². The average Bonchev–Trinajstić information content (AvgIpc) is 1.70. The second-order valence-electron chi connectivity index (χ2n) is 32.0. The van der Waals surface area contributed by atoms with E-state index in [9.17, 15) is 64.7 Å². The summed E-state index contributed by atoms with van der Waals surface area (Å²) in [5.74, 6) is -5.07. The van der Waals surface area contributed by atoms with E-state index in [1.54, 1.807) is 0 Å². The van der Waals surface area contributed by atoms with Crippen LogP contribution in [0.25, 0.3) is 14.5 Å². The van der Waals surface area contributed by atoms with Crippen molar-refractivity contribution < 1.29 is 57.3 Å². The summed E-state index contributed by atoms with van der Waals surface area (Å²) in [6, 6.07) is 10.9. The highest BCUT2D eigenvalue weighted by atomic mass is 32.2. The highest BCUT2D eigenvalue weighted by Crippen LogP contribution is 2.50. The van der Waals surface area contributed by atoms with Crippen molar-refractivity contribution in [2.45, 2.75) is 184 Å². The van der Waals surface area contributed by atoms with E-state index in [-0.39, 0.29) is 92.5 Å². The normalized spacial score (nSPS) is 21.3. The van der Waals surface area contributed by atoms with Gasteiger partial charge in [-0.1, -0.05) is 102 Å². The summed E-state index contributed by atoms with van der Waals surface area (Å²) in [4.78, 5) is 134. The Labute approximate surface area is 657 Å². The molecule has 0 radical (unpaired) electrons. The lowest BCUT2D eigenvalue weighted by Crippen LogP contribution is -2.36. The van der Waals surface area contributed by atoms with Crippen molar-refractivity contribution in [1.29, 1.82) is 26.3 Å². The third-order valence-corrected chi connectivity index (χ3v) is 24.1. The minimum atomic E-state index is -2.10. The molecule has 576 valence electrons. The van der Waals surface area contributed by atoms with Crippen LogP contribution < -0.4 is 0 Å². The molecule has 4 saturated heterocycles. The van der Waals surface area contributed by atoms with Crippen LogP contribution in [0.15, 0.2) is 90.0 Å². The Kier molecular flexibility index (Phi) is 30.3. The van der Waals surface area contributed by atoms with Crippen LogP contribution >= 0.6 is 47.0 Å². The van der Waals surface area contributed by atoms with Gasteiger partial charge in [-0.15, -0.1) is 0 Å². The molecule has 0 aromatic carbocycles. The Morgan fingerprint density at radius 3 is 0.927 bits per heavy atom. The Morgan fingerprint density at radius 1 is 0.385 bits per heavy atom. The van der Waals surface area contributed by atoms with E-state index in [4.69, 9.17) is 38.7 Å². The van der Waals surface area contributed by atoms with Gasteiger partial charge in [0.25, 0.3) is 0 Å². The van der Waals surface area contributed by atoms with Crippen LogP contribution in [0.2, 0.25) is 0 Å². The van der Waals surface area contributed by atoms with Crippen LogP contribution in [-0.2, 0) is 57.3 Å². The van der Waals surface area contributed by atoms with Gasteiger partial charge >= 0.3 is 23.9 Å². The summed E-state index contributed by atoms with van der Waals surface area (Å²) in [6.45, 7) is 44.7. The molecule has 0 aromatic heterocycles. The van der Waals surface area contributed by atoms with E-state index in [2.05, 4.69) is 52.3 Å². The molecule has 0 N–H and O–H groups in total. The first-order valence-corrected chi connectivity index (χ1v) is 41.1. The molecular weight excluding hydrogens is 1460 g/mol. The first kappa shape index (κ1) is 85.6. The van der Waals surface area contributed by atoms with E-state index in [1.165, 1.54) is 0 Å². The van der Waals surface area contributed by atoms with Gasteiger partial charge in [-0.2, -0.15) is 26.3 Å². The quantitative estimate of drug-likeness (QED) is 0.0175. The van der Waals surface area contributed by atoms with E-state index >= 15 is 0 Å². The Balaban J connectivity index is 1.04.